The van der Waals surface area contributed by atoms with Crippen molar-refractivity contribution in [1.29, 1.82) is 0 Å². The molecule has 1 unspecified atom stereocenters. The van der Waals surface area contributed by atoms with Gasteiger partial charge in [-0.15, -0.1) is 0 Å². The standard InChI is InChI=1S/C30H46N2O4/c1-18(2)26(31)27(34)32(5)21-10-13-28(3)20(16-21)7-8-24-23(28)11-14-29(4)22(12-15-30(24,29)35)19-6-9-25(33)36-17-19/h6,9,17-18,20-24,26,35H,7-8,10-16,31H2,1-5H3/t20-,21+,22-,23+,24-,26?,28+,29-,30+/m1/s1. The minimum Gasteiger partial charge on any atom is -0.431 e. The Balaban J connectivity index is 1.35. The van der Waals surface area contributed by atoms with E-state index in [0.29, 0.717) is 17.8 Å². The summed E-state index contributed by atoms with van der Waals surface area (Å²) in [6.45, 7) is 8.79. The van der Waals surface area contributed by atoms with Gasteiger partial charge in [0.1, 0.15) is 0 Å². The average molecular weight is 499 g/mol. The minimum atomic E-state index is -0.682. The van der Waals surface area contributed by atoms with Gasteiger partial charge in [0.05, 0.1) is 17.9 Å². The third-order valence-corrected chi connectivity index (χ3v) is 11.8. The zero-order chi connectivity index (χ0) is 26.0. The van der Waals surface area contributed by atoms with Gasteiger partial charge < -0.3 is 20.2 Å². The fourth-order valence-corrected chi connectivity index (χ4v) is 9.36. The molecule has 0 saturated heterocycles. The molecule has 0 spiro atoms. The summed E-state index contributed by atoms with van der Waals surface area (Å²) in [6, 6.07) is 3.25. The first kappa shape index (κ1) is 26.0. The molecule has 0 aromatic carbocycles. The van der Waals surface area contributed by atoms with Gasteiger partial charge >= 0.3 is 5.63 Å². The van der Waals surface area contributed by atoms with E-state index in [-0.39, 0.29) is 40.2 Å². The molecule has 0 aliphatic heterocycles. The van der Waals surface area contributed by atoms with Crippen LogP contribution in [0.4, 0.5) is 0 Å². The molecular weight excluding hydrogens is 452 g/mol. The Morgan fingerprint density at radius 3 is 2.50 bits per heavy atom. The number of aliphatic hydroxyl groups is 1. The molecule has 1 heterocycles. The molecule has 4 aliphatic rings. The monoisotopic (exact) mass is 498 g/mol. The maximum absolute atomic E-state index is 13.0. The first-order chi connectivity index (χ1) is 16.9. The Morgan fingerprint density at radius 1 is 1.08 bits per heavy atom. The van der Waals surface area contributed by atoms with Gasteiger partial charge in [0, 0.05) is 24.6 Å². The van der Waals surface area contributed by atoms with Gasteiger partial charge in [-0.05, 0) is 104 Å². The van der Waals surface area contributed by atoms with Crippen molar-refractivity contribution in [2.24, 2.45) is 40.2 Å². The molecule has 3 N–H and O–H groups in total. The maximum atomic E-state index is 13.0. The van der Waals surface area contributed by atoms with Gasteiger partial charge in [-0.1, -0.05) is 27.7 Å². The molecule has 0 bridgehead atoms. The van der Waals surface area contributed by atoms with Crippen molar-refractivity contribution in [3.63, 3.8) is 0 Å². The molecule has 1 amide bonds. The van der Waals surface area contributed by atoms with Gasteiger partial charge in [-0.3, -0.25) is 4.79 Å². The van der Waals surface area contributed by atoms with Crippen LogP contribution in [0, 0.1) is 34.5 Å². The van der Waals surface area contributed by atoms with Crippen LogP contribution in [0.2, 0.25) is 0 Å². The van der Waals surface area contributed by atoms with Crippen molar-refractivity contribution in [3.8, 4) is 0 Å². The summed E-state index contributed by atoms with van der Waals surface area (Å²) < 4.78 is 5.22. The summed E-state index contributed by atoms with van der Waals surface area (Å²) in [6.07, 6.45) is 10.9. The lowest BCUT2D eigenvalue weighted by atomic mass is 9.43. The fraction of sp³-hybridized carbons (Fsp3) is 0.800. The van der Waals surface area contributed by atoms with Crippen LogP contribution in [0.3, 0.4) is 0 Å². The van der Waals surface area contributed by atoms with Crippen molar-refractivity contribution in [2.45, 2.75) is 109 Å². The van der Waals surface area contributed by atoms with Crippen molar-refractivity contribution in [3.05, 3.63) is 34.4 Å². The van der Waals surface area contributed by atoms with E-state index in [9.17, 15) is 14.7 Å². The third-order valence-electron chi connectivity index (χ3n) is 11.8. The smallest absolute Gasteiger partial charge is 0.335 e. The Labute approximate surface area is 216 Å². The fourth-order valence-electron chi connectivity index (χ4n) is 9.36. The molecule has 0 radical (unpaired) electrons. The first-order valence-electron chi connectivity index (χ1n) is 14.3. The molecule has 1 aromatic rings. The molecule has 200 valence electrons. The highest BCUT2D eigenvalue weighted by Gasteiger charge is 2.67. The number of hydrogen-bond donors (Lipinski definition) is 2. The highest BCUT2D eigenvalue weighted by molar-refractivity contribution is 5.82. The van der Waals surface area contributed by atoms with Crippen LogP contribution in [-0.2, 0) is 4.79 Å². The number of carbonyl (C=O) groups excluding carboxylic acids is 1. The molecule has 36 heavy (non-hydrogen) atoms. The van der Waals surface area contributed by atoms with Gasteiger partial charge in [-0.25, -0.2) is 4.79 Å². The molecule has 4 fully saturated rings. The highest BCUT2D eigenvalue weighted by atomic mass is 16.4. The lowest BCUT2D eigenvalue weighted by molar-refractivity contribution is -0.203. The normalized spacial score (nSPS) is 42.8. The van der Waals surface area contributed by atoms with E-state index in [1.165, 1.54) is 6.07 Å². The quantitative estimate of drug-likeness (QED) is 0.628. The minimum absolute atomic E-state index is 0.0729. The second-order valence-corrected chi connectivity index (χ2v) is 13.5. The Hall–Kier alpha value is -1.66. The molecule has 4 aliphatic carbocycles. The number of fused-ring (bicyclic) bond motifs is 5. The molecule has 6 nitrogen and oxygen atoms in total. The van der Waals surface area contributed by atoms with Crippen LogP contribution < -0.4 is 11.4 Å². The topological polar surface area (TPSA) is 96.8 Å². The van der Waals surface area contributed by atoms with Gasteiger partial charge in [0.2, 0.25) is 5.91 Å². The number of nitrogens with two attached hydrogens (primary N) is 1. The van der Waals surface area contributed by atoms with Gasteiger partial charge in [-0.2, -0.15) is 0 Å². The molecule has 6 heteroatoms. The lowest BCUT2D eigenvalue weighted by Crippen LogP contribution is -2.62. The predicted octanol–water partition coefficient (Wildman–Crippen LogP) is 4.69. The molecule has 9 atom stereocenters. The van der Waals surface area contributed by atoms with E-state index in [2.05, 4.69) is 13.8 Å². The Morgan fingerprint density at radius 2 is 1.83 bits per heavy atom. The molecule has 1 aromatic heterocycles. The molecular formula is C30H46N2O4. The summed E-state index contributed by atoms with van der Waals surface area (Å²) >= 11 is 0. The Kier molecular flexibility index (Phi) is 6.47. The van der Waals surface area contributed by atoms with E-state index >= 15 is 0 Å². The average Bonchev–Trinajstić information content (AvgIpc) is 3.13. The largest absolute Gasteiger partial charge is 0.431 e. The van der Waals surface area contributed by atoms with Crippen LogP contribution >= 0.6 is 0 Å². The highest BCUT2D eigenvalue weighted by Crippen LogP contribution is 2.70. The second kappa shape index (κ2) is 8.97. The second-order valence-electron chi connectivity index (χ2n) is 13.5. The summed E-state index contributed by atoms with van der Waals surface area (Å²) in [5.41, 5.74) is 6.27. The summed E-state index contributed by atoms with van der Waals surface area (Å²) in [7, 11) is 1.95. The molecule has 4 saturated carbocycles. The van der Waals surface area contributed by atoms with Crippen molar-refractivity contribution < 1.29 is 14.3 Å². The SMILES string of the molecule is CC(C)C(N)C(=O)N(C)[C@H]1CC[C@@]2(C)[C@H](CC[C@@H]3[C@@H]2CC[C@]2(C)[C@@H](c4ccc(=O)oc4)CC[C@]32O)C1. The Bertz CT molecular complexity index is 1030. The lowest BCUT2D eigenvalue weighted by Gasteiger charge is -2.64. The number of likely N-dealkylation sites (N-methyl/N-ethyl adjacent to an activating group) is 1. The van der Waals surface area contributed by atoms with Crippen molar-refractivity contribution in [2.75, 3.05) is 7.05 Å². The summed E-state index contributed by atoms with van der Waals surface area (Å²) in [4.78, 5) is 26.5. The molecule has 5 rings (SSSR count). The maximum Gasteiger partial charge on any atom is 0.335 e. The van der Waals surface area contributed by atoms with E-state index in [0.717, 1.165) is 63.4 Å². The number of amides is 1. The van der Waals surface area contributed by atoms with Crippen molar-refractivity contribution in [1.82, 2.24) is 4.90 Å². The van der Waals surface area contributed by atoms with Crippen LogP contribution in [0.5, 0.6) is 0 Å². The zero-order valence-corrected chi connectivity index (χ0v) is 22.8. The van der Waals surface area contributed by atoms with Crippen LogP contribution in [-0.4, -0.2) is 40.6 Å². The van der Waals surface area contributed by atoms with Gasteiger partial charge in [0.15, 0.2) is 0 Å². The number of carbonyl (C=O) groups is 1. The number of hydrogen-bond acceptors (Lipinski definition) is 5. The predicted molar refractivity (Wildman–Crippen MR) is 140 cm³/mol. The van der Waals surface area contributed by atoms with Crippen LogP contribution in [0.15, 0.2) is 27.6 Å². The first-order valence-corrected chi connectivity index (χ1v) is 14.3. The van der Waals surface area contributed by atoms with E-state index < -0.39 is 11.6 Å². The summed E-state index contributed by atoms with van der Waals surface area (Å²) in [5, 5.41) is 12.4. The van der Waals surface area contributed by atoms with Gasteiger partial charge in [0.25, 0.3) is 0 Å². The van der Waals surface area contributed by atoms with E-state index in [1.54, 1.807) is 6.26 Å². The third kappa shape index (κ3) is 3.73. The van der Waals surface area contributed by atoms with E-state index in [1.807, 2.05) is 31.9 Å². The number of nitrogens with zero attached hydrogens (tertiary/aromatic N) is 1. The van der Waals surface area contributed by atoms with Crippen LogP contribution in [0.25, 0.3) is 0 Å². The number of rotatable bonds is 4. The van der Waals surface area contributed by atoms with Crippen molar-refractivity contribution >= 4 is 5.91 Å². The van der Waals surface area contributed by atoms with Crippen LogP contribution in [0.1, 0.15) is 97.0 Å². The zero-order valence-electron chi connectivity index (χ0n) is 22.8. The van der Waals surface area contributed by atoms with E-state index in [4.69, 9.17) is 10.2 Å². The summed E-state index contributed by atoms with van der Waals surface area (Å²) in [5.74, 6) is 1.84.